The summed E-state index contributed by atoms with van der Waals surface area (Å²) < 4.78 is 22.5. The zero-order valence-electron chi connectivity index (χ0n) is 15.5. The molecule has 25 heavy (non-hydrogen) atoms. The van der Waals surface area contributed by atoms with Crippen LogP contribution in [0.5, 0.6) is 11.5 Å². The summed E-state index contributed by atoms with van der Waals surface area (Å²) in [4.78, 5) is 2.57. The van der Waals surface area contributed by atoms with Crippen LogP contribution in [0.1, 0.15) is 31.2 Å². The van der Waals surface area contributed by atoms with Crippen LogP contribution in [0, 0.1) is 0 Å². The second-order valence-electron chi connectivity index (χ2n) is 6.85. The van der Waals surface area contributed by atoms with Gasteiger partial charge in [-0.2, -0.15) is 0 Å². The summed E-state index contributed by atoms with van der Waals surface area (Å²) in [5.41, 5.74) is 1.22. The van der Waals surface area contributed by atoms with E-state index in [-0.39, 0.29) is 0 Å². The van der Waals surface area contributed by atoms with Gasteiger partial charge in [-0.15, -0.1) is 0 Å². The monoisotopic (exact) mass is 349 g/mol. The van der Waals surface area contributed by atoms with Crippen LogP contribution < -0.4 is 9.47 Å². The SMILES string of the molecule is COc1ccc(CCO[C@H]2CCCCC2N2CCOCC2)cc1OC. The fourth-order valence-electron chi connectivity index (χ4n) is 3.96. The maximum Gasteiger partial charge on any atom is 0.160 e. The average molecular weight is 349 g/mol. The van der Waals surface area contributed by atoms with Gasteiger partial charge in [-0.25, -0.2) is 0 Å². The molecule has 1 aromatic rings. The Balaban J connectivity index is 1.52. The van der Waals surface area contributed by atoms with Gasteiger partial charge in [-0.3, -0.25) is 4.90 Å². The highest BCUT2D eigenvalue weighted by Gasteiger charge is 2.31. The van der Waals surface area contributed by atoms with E-state index in [4.69, 9.17) is 18.9 Å². The summed E-state index contributed by atoms with van der Waals surface area (Å²) in [5.74, 6) is 1.55. The van der Waals surface area contributed by atoms with Crippen molar-refractivity contribution in [2.75, 3.05) is 47.1 Å². The van der Waals surface area contributed by atoms with Crippen LogP contribution in [0.15, 0.2) is 18.2 Å². The number of nitrogens with zero attached hydrogens (tertiary/aromatic N) is 1. The lowest BCUT2D eigenvalue weighted by atomic mass is 9.91. The van der Waals surface area contributed by atoms with Gasteiger partial charge in [0.25, 0.3) is 0 Å². The molecule has 140 valence electrons. The summed E-state index contributed by atoms with van der Waals surface area (Å²) in [6.07, 6.45) is 6.27. The van der Waals surface area contributed by atoms with Crippen molar-refractivity contribution in [3.63, 3.8) is 0 Å². The van der Waals surface area contributed by atoms with Gasteiger partial charge in [0.15, 0.2) is 11.5 Å². The smallest absolute Gasteiger partial charge is 0.160 e. The van der Waals surface area contributed by atoms with Crippen molar-refractivity contribution in [3.05, 3.63) is 23.8 Å². The topological polar surface area (TPSA) is 40.2 Å². The first-order chi connectivity index (χ1) is 12.3. The van der Waals surface area contributed by atoms with Crippen molar-refractivity contribution in [1.82, 2.24) is 4.90 Å². The van der Waals surface area contributed by atoms with Gasteiger partial charge in [0.1, 0.15) is 0 Å². The molecular weight excluding hydrogens is 318 g/mol. The summed E-state index contributed by atoms with van der Waals surface area (Å²) in [7, 11) is 3.34. The first-order valence-corrected chi connectivity index (χ1v) is 9.46. The van der Waals surface area contributed by atoms with E-state index in [1.807, 2.05) is 12.1 Å². The van der Waals surface area contributed by atoms with Crippen LogP contribution in [0.25, 0.3) is 0 Å². The molecule has 1 saturated heterocycles. The highest BCUT2D eigenvalue weighted by atomic mass is 16.5. The Morgan fingerprint density at radius 2 is 1.80 bits per heavy atom. The molecule has 0 radical (unpaired) electrons. The number of methoxy groups -OCH3 is 2. The quantitative estimate of drug-likeness (QED) is 0.757. The van der Waals surface area contributed by atoms with Crippen LogP contribution >= 0.6 is 0 Å². The van der Waals surface area contributed by atoms with E-state index in [1.54, 1.807) is 14.2 Å². The molecule has 0 aromatic heterocycles. The number of morpholine rings is 1. The first kappa shape index (κ1) is 18.5. The van der Waals surface area contributed by atoms with Crippen LogP contribution in [0.2, 0.25) is 0 Å². The second-order valence-corrected chi connectivity index (χ2v) is 6.85. The van der Waals surface area contributed by atoms with Crippen molar-refractivity contribution in [1.29, 1.82) is 0 Å². The van der Waals surface area contributed by atoms with Gasteiger partial charge < -0.3 is 18.9 Å². The minimum absolute atomic E-state index is 0.354. The van der Waals surface area contributed by atoms with E-state index < -0.39 is 0 Å². The van der Waals surface area contributed by atoms with E-state index in [9.17, 15) is 0 Å². The van der Waals surface area contributed by atoms with E-state index in [0.717, 1.165) is 50.8 Å². The lowest BCUT2D eigenvalue weighted by molar-refractivity contribution is -0.0647. The van der Waals surface area contributed by atoms with Crippen molar-refractivity contribution >= 4 is 0 Å². The second kappa shape index (κ2) is 9.41. The minimum atomic E-state index is 0.354. The molecule has 5 nitrogen and oxygen atoms in total. The molecule has 0 spiro atoms. The molecule has 3 rings (SSSR count). The first-order valence-electron chi connectivity index (χ1n) is 9.46. The normalized spacial score (nSPS) is 24.9. The zero-order chi connectivity index (χ0) is 17.5. The molecule has 1 aliphatic carbocycles. The van der Waals surface area contributed by atoms with E-state index >= 15 is 0 Å². The molecule has 1 unspecified atom stereocenters. The Labute approximate surface area is 151 Å². The predicted molar refractivity (Wildman–Crippen MR) is 97.6 cm³/mol. The lowest BCUT2D eigenvalue weighted by Gasteiger charge is -2.41. The highest BCUT2D eigenvalue weighted by Crippen LogP contribution is 2.29. The third-order valence-electron chi connectivity index (χ3n) is 5.35. The summed E-state index contributed by atoms with van der Waals surface area (Å²) in [6, 6.07) is 6.65. The van der Waals surface area contributed by atoms with Crippen molar-refractivity contribution < 1.29 is 18.9 Å². The van der Waals surface area contributed by atoms with Gasteiger partial charge in [0.2, 0.25) is 0 Å². The van der Waals surface area contributed by atoms with Crippen molar-refractivity contribution in [2.24, 2.45) is 0 Å². The fourth-order valence-corrected chi connectivity index (χ4v) is 3.96. The van der Waals surface area contributed by atoms with Crippen LogP contribution in [0.4, 0.5) is 0 Å². The molecular formula is C20H31NO4. The summed E-state index contributed by atoms with van der Waals surface area (Å²) in [6.45, 7) is 4.55. The molecule has 0 N–H and O–H groups in total. The molecule has 2 aliphatic rings. The number of rotatable bonds is 7. The molecule has 5 heteroatoms. The van der Waals surface area contributed by atoms with Crippen LogP contribution in [-0.4, -0.2) is 64.2 Å². The number of hydrogen-bond donors (Lipinski definition) is 0. The van der Waals surface area contributed by atoms with Gasteiger partial charge in [0, 0.05) is 19.1 Å². The average Bonchev–Trinajstić information content (AvgIpc) is 2.69. The predicted octanol–water partition coefficient (Wildman–Crippen LogP) is 2.91. The molecule has 1 saturated carbocycles. The summed E-state index contributed by atoms with van der Waals surface area (Å²) >= 11 is 0. The van der Waals surface area contributed by atoms with Gasteiger partial charge in [-0.1, -0.05) is 18.9 Å². The van der Waals surface area contributed by atoms with Crippen molar-refractivity contribution in [2.45, 2.75) is 44.2 Å². The number of benzene rings is 1. The fraction of sp³-hybridized carbons (Fsp3) is 0.700. The highest BCUT2D eigenvalue weighted by molar-refractivity contribution is 5.42. The largest absolute Gasteiger partial charge is 0.493 e. The zero-order valence-corrected chi connectivity index (χ0v) is 15.5. The Kier molecular flexibility index (Phi) is 6.96. The molecule has 1 aliphatic heterocycles. The Morgan fingerprint density at radius 1 is 1.04 bits per heavy atom. The third-order valence-corrected chi connectivity index (χ3v) is 5.35. The standard InChI is InChI=1S/C20H31NO4/c1-22-19-8-7-16(15-20(19)23-2)9-12-25-18-6-4-3-5-17(18)21-10-13-24-14-11-21/h7-8,15,17-18H,3-6,9-14H2,1-2H3/t17?,18-/m0/s1. The Bertz CT molecular complexity index is 530. The molecule has 2 atom stereocenters. The van der Waals surface area contributed by atoms with E-state index in [1.165, 1.54) is 31.2 Å². The maximum atomic E-state index is 6.33. The molecule has 2 fully saturated rings. The van der Waals surface area contributed by atoms with Gasteiger partial charge in [-0.05, 0) is 37.0 Å². The van der Waals surface area contributed by atoms with Crippen LogP contribution in [0.3, 0.4) is 0 Å². The molecule has 0 amide bonds. The Hall–Kier alpha value is -1.30. The lowest BCUT2D eigenvalue weighted by Crippen LogP contribution is -2.51. The summed E-state index contributed by atoms with van der Waals surface area (Å²) in [5, 5.41) is 0. The van der Waals surface area contributed by atoms with Crippen LogP contribution in [-0.2, 0) is 15.9 Å². The van der Waals surface area contributed by atoms with Gasteiger partial charge in [0.05, 0.1) is 40.1 Å². The number of ether oxygens (including phenoxy) is 4. The van der Waals surface area contributed by atoms with Crippen molar-refractivity contribution in [3.8, 4) is 11.5 Å². The van der Waals surface area contributed by atoms with Gasteiger partial charge >= 0.3 is 0 Å². The van der Waals surface area contributed by atoms with E-state index in [0.29, 0.717) is 12.1 Å². The molecule has 1 aromatic carbocycles. The number of hydrogen-bond acceptors (Lipinski definition) is 5. The van der Waals surface area contributed by atoms with E-state index in [2.05, 4.69) is 11.0 Å². The minimum Gasteiger partial charge on any atom is -0.493 e. The maximum absolute atomic E-state index is 6.33. The molecule has 0 bridgehead atoms. The third kappa shape index (κ3) is 4.87. The molecule has 1 heterocycles. The Morgan fingerprint density at radius 3 is 2.56 bits per heavy atom.